The highest BCUT2D eigenvalue weighted by Crippen LogP contribution is 2.13. The molecule has 20 heavy (non-hydrogen) atoms. The summed E-state index contributed by atoms with van der Waals surface area (Å²) in [6, 6.07) is 3.58. The van der Waals surface area contributed by atoms with Crippen molar-refractivity contribution in [3.05, 3.63) is 35.8 Å². The number of morpholine rings is 1. The van der Waals surface area contributed by atoms with Gasteiger partial charge in [-0.25, -0.2) is 4.98 Å². The number of nitrogens with zero attached hydrogens (tertiary/aromatic N) is 3. The van der Waals surface area contributed by atoms with E-state index in [1.165, 1.54) is 0 Å². The zero-order valence-corrected chi connectivity index (χ0v) is 11.3. The molecule has 1 aliphatic rings. The summed E-state index contributed by atoms with van der Waals surface area (Å²) in [5.41, 5.74) is 2.29. The Labute approximate surface area is 116 Å². The van der Waals surface area contributed by atoms with Gasteiger partial charge in [0.25, 0.3) is 5.91 Å². The predicted octanol–water partition coefficient (Wildman–Crippen LogP) is 0.476. The van der Waals surface area contributed by atoms with E-state index >= 15 is 0 Å². The van der Waals surface area contributed by atoms with Crippen molar-refractivity contribution in [2.45, 2.75) is 13.0 Å². The van der Waals surface area contributed by atoms with Crippen LogP contribution in [0.4, 0.5) is 0 Å². The van der Waals surface area contributed by atoms with Gasteiger partial charge in [0.15, 0.2) is 0 Å². The molecule has 1 atom stereocenters. The fraction of sp³-hybridized carbons (Fsp3) is 0.429. The van der Waals surface area contributed by atoms with Crippen LogP contribution < -0.4 is 0 Å². The van der Waals surface area contributed by atoms with E-state index in [1.54, 1.807) is 17.0 Å². The molecular weight excluding hydrogens is 258 g/mol. The minimum atomic E-state index is -0.287. The molecule has 1 unspecified atom stereocenters. The van der Waals surface area contributed by atoms with Crippen molar-refractivity contribution in [3.63, 3.8) is 0 Å². The van der Waals surface area contributed by atoms with Crippen LogP contribution in [0.5, 0.6) is 0 Å². The van der Waals surface area contributed by atoms with E-state index in [1.807, 2.05) is 23.7 Å². The molecule has 6 heteroatoms. The average molecular weight is 275 g/mol. The molecule has 0 spiro atoms. The van der Waals surface area contributed by atoms with Gasteiger partial charge >= 0.3 is 0 Å². The third kappa shape index (κ3) is 2.39. The summed E-state index contributed by atoms with van der Waals surface area (Å²) < 4.78 is 7.25. The van der Waals surface area contributed by atoms with E-state index in [9.17, 15) is 4.79 Å². The van der Waals surface area contributed by atoms with Gasteiger partial charge in [-0.3, -0.25) is 4.79 Å². The van der Waals surface area contributed by atoms with Crippen LogP contribution in [0.1, 0.15) is 16.1 Å². The van der Waals surface area contributed by atoms with E-state index in [4.69, 9.17) is 9.84 Å². The van der Waals surface area contributed by atoms with Gasteiger partial charge in [-0.2, -0.15) is 0 Å². The van der Waals surface area contributed by atoms with Crippen LogP contribution >= 0.6 is 0 Å². The van der Waals surface area contributed by atoms with E-state index in [0.717, 1.165) is 11.3 Å². The number of aromatic nitrogens is 2. The third-order valence-electron chi connectivity index (χ3n) is 3.46. The van der Waals surface area contributed by atoms with Crippen LogP contribution in [0, 0.1) is 6.92 Å². The van der Waals surface area contributed by atoms with E-state index < -0.39 is 0 Å². The minimum Gasteiger partial charge on any atom is -0.394 e. The number of fused-ring (bicyclic) bond motifs is 1. The molecule has 0 radical (unpaired) electrons. The Hall–Kier alpha value is -1.92. The zero-order chi connectivity index (χ0) is 14.1. The maximum atomic E-state index is 12.5. The Morgan fingerprint density at radius 2 is 2.45 bits per heavy atom. The number of amides is 1. The van der Waals surface area contributed by atoms with Crippen molar-refractivity contribution >= 4 is 11.6 Å². The molecule has 1 amide bonds. The Bertz CT molecular complexity index is 638. The van der Waals surface area contributed by atoms with Crippen LogP contribution in [0.25, 0.3) is 5.65 Å². The summed E-state index contributed by atoms with van der Waals surface area (Å²) >= 11 is 0. The standard InChI is InChI=1S/C14H17N3O3/c1-10-7-16-3-2-11(6-13(16)15-10)14(19)17-4-5-20-12(8-17)9-18/h2-3,6-7,12,18H,4-5,8-9H2,1H3. The highest BCUT2D eigenvalue weighted by atomic mass is 16.5. The highest BCUT2D eigenvalue weighted by molar-refractivity contribution is 5.95. The topological polar surface area (TPSA) is 67.1 Å². The van der Waals surface area contributed by atoms with Gasteiger partial charge in [0, 0.05) is 31.0 Å². The van der Waals surface area contributed by atoms with Gasteiger partial charge in [-0.05, 0) is 19.1 Å². The lowest BCUT2D eigenvalue weighted by atomic mass is 10.2. The molecule has 2 aromatic heterocycles. The monoisotopic (exact) mass is 275 g/mol. The molecule has 1 fully saturated rings. The van der Waals surface area contributed by atoms with Crippen LogP contribution in [0.2, 0.25) is 0 Å². The smallest absolute Gasteiger partial charge is 0.254 e. The summed E-state index contributed by atoms with van der Waals surface area (Å²) in [7, 11) is 0. The molecule has 106 valence electrons. The van der Waals surface area contributed by atoms with Gasteiger partial charge in [0.05, 0.1) is 25.0 Å². The molecule has 1 saturated heterocycles. The lowest BCUT2D eigenvalue weighted by Gasteiger charge is -2.32. The Balaban J connectivity index is 1.84. The number of imidazole rings is 1. The second-order valence-electron chi connectivity index (χ2n) is 4.99. The number of hydrogen-bond donors (Lipinski definition) is 1. The summed E-state index contributed by atoms with van der Waals surface area (Å²) in [5, 5.41) is 9.13. The Morgan fingerprint density at radius 3 is 3.25 bits per heavy atom. The first-order valence-electron chi connectivity index (χ1n) is 6.64. The molecule has 2 aromatic rings. The second kappa shape index (κ2) is 5.22. The van der Waals surface area contributed by atoms with Gasteiger partial charge in [0.1, 0.15) is 5.65 Å². The van der Waals surface area contributed by atoms with Gasteiger partial charge < -0.3 is 19.1 Å². The molecule has 0 aromatic carbocycles. The number of aliphatic hydroxyl groups is 1. The Morgan fingerprint density at radius 1 is 1.60 bits per heavy atom. The van der Waals surface area contributed by atoms with E-state index in [-0.39, 0.29) is 18.6 Å². The van der Waals surface area contributed by atoms with Gasteiger partial charge in [-0.15, -0.1) is 0 Å². The van der Waals surface area contributed by atoms with E-state index in [0.29, 0.717) is 25.3 Å². The number of pyridine rings is 1. The van der Waals surface area contributed by atoms with Crippen molar-refractivity contribution < 1.29 is 14.6 Å². The summed E-state index contributed by atoms with van der Waals surface area (Å²) in [4.78, 5) is 18.5. The molecule has 6 nitrogen and oxygen atoms in total. The fourth-order valence-corrected chi connectivity index (χ4v) is 2.44. The fourth-order valence-electron chi connectivity index (χ4n) is 2.44. The van der Waals surface area contributed by atoms with Crippen LogP contribution in [-0.4, -0.2) is 57.7 Å². The normalized spacial score (nSPS) is 19.5. The molecule has 0 saturated carbocycles. The number of carbonyl (C=O) groups excluding carboxylic acids is 1. The third-order valence-corrected chi connectivity index (χ3v) is 3.46. The van der Waals surface area contributed by atoms with Crippen molar-refractivity contribution in [1.29, 1.82) is 0 Å². The number of rotatable bonds is 2. The first-order valence-corrected chi connectivity index (χ1v) is 6.64. The van der Waals surface area contributed by atoms with Crippen molar-refractivity contribution in [2.75, 3.05) is 26.3 Å². The number of aryl methyl sites for hydroxylation is 1. The van der Waals surface area contributed by atoms with Crippen molar-refractivity contribution in [3.8, 4) is 0 Å². The maximum absolute atomic E-state index is 12.5. The first kappa shape index (κ1) is 13.1. The quantitative estimate of drug-likeness (QED) is 0.865. The minimum absolute atomic E-state index is 0.0464. The molecular formula is C14H17N3O3. The lowest BCUT2D eigenvalue weighted by Crippen LogP contribution is -2.46. The van der Waals surface area contributed by atoms with Crippen LogP contribution in [0.3, 0.4) is 0 Å². The molecule has 0 aliphatic carbocycles. The van der Waals surface area contributed by atoms with Crippen molar-refractivity contribution in [1.82, 2.24) is 14.3 Å². The maximum Gasteiger partial charge on any atom is 0.254 e. The number of ether oxygens (including phenoxy) is 1. The summed E-state index contributed by atoms with van der Waals surface area (Å²) in [6.07, 6.45) is 3.47. The van der Waals surface area contributed by atoms with Crippen LogP contribution in [-0.2, 0) is 4.74 Å². The molecule has 1 aliphatic heterocycles. The predicted molar refractivity (Wildman–Crippen MR) is 72.7 cm³/mol. The largest absolute Gasteiger partial charge is 0.394 e. The number of carbonyl (C=O) groups is 1. The summed E-state index contributed by atoms with van der Waals surface area (Å²) in [6.45, 7) is 3.29. The summed E-state index contributed by atoms with van der Waals surface area (Å²) in [5.74, 6) is -0.0464. The Kier molecular flexibility index (Phi) is 3.42. The number of hydrogen-bond acceptors (Lipinski definition) is 4. The average Bonchev–Trinajstić information content (AvgIpc) is 2.85. The molecule has 3 rings (SSSR count). The van der Waals surface area contributed by atoms with Gasteiger partial charge in [-0.1, -0.05) is 0 Å². The SMILES string of the molecule is Cc1cn2ccc(C(=O)N3CCOC(CO)C3)cc2n1. The second-order valence-corrected chi connectivity index (χ2v) is 4.99. The molecule has 0 bridgehead atoms. The van der Waals surface area contributed by atoms with Gasteiger partial charge in [0.2, 0.25) is 0 Å². The zero-order valence-electron chi connectivity index (χ0n) is 11.3. The van der Waals surface area contributed by atoms with Crippen LogP contribution in [0.15, 0.2) is 24.5 Å². The van der Waals surface area contributed by atoms with Crippen molar-refractivity contribution in [2.24, 2.45) is 0 Å². The van der Waals surface area contributed by atoms with E-state index in [2.05, 4.69) is 4.98 Å². The first-order chi connectivity index (χ1) is 9.67. The lowest BCUT2D eigenvalue weighted by molar-refractivity contribution is -0.0447. The highest BCUT2D eigenvalue weighted by Gasteiger charge is 2.24. The molecule has 1 N–H and O–H groups in total. The molecule has 3 heterocycles. The number of aliphatic hydroxyl groups excluding tert-OH is 1.